The lowest BCUT2D eigenvalue weighted by Gasteiger charge is -2.32. The van der Waals surface area contributed by atoms with E-state index in [9.17, 15) is 13.2 Å². The predicted molar refractivity (Wildman–Crippen MR) is 103 cm³/mol. The summed E-state index contributed by atoms with van der Waals surface area (Å²) in [6.07, 6.45) is 0. The maximum atomic E-state index is 12.5. The monoisotopic (exact) mass is 391 g/mol. The molecule has 0 radical (unpaired) electrons. The molecule has 2 heterocycles. The molecule has 146 valence electrons. The van der Waals surface area contributed by atoms with Gasteiger partial charge < -0.3 is 14.2 Å². The first-order valence-electron chi connectivity index (χ1n) is 8.94. The third-order valence-electron chi connectivity index (χ3n) is 4.82. The van der Waals surface area contributed by atoms with Crippen LogP contribution in [-0.4, -0.2) is 68.1 Å². The van der Waals surface area contributed by atoms with Gasteiger partial charge in [-0.05, 0) is 32.5 Å². The molecule has 1 aliphatic rings. The van der Waals surface area contributed by atoms with Crippen LogP contribution in [0.3, 0.4) is 0 Å². The molecule has 1 saturated heterocycles. The molecule has 8 heteroatoms. The van der Waals surface area contributed by atoms with Crippen molar-refractivity contribution in [3.8, 4) is 11.5 Å². The van der Waals surface area contributed by atoms with Gasteiger partial charge in [-0.1, -0.05) is 18.2 Å². The van der Waals surface area contributed by atoms with Crippen LogP contribution in [0.2, 0.25) is 0 Å². The van der Waals surface area contributed by atoms with Gasteiger partial charge in [0.2, 0.25) is 11.8 Å². The minimum atomic E-state index is -3.63. The summed E-state index contributed by atoms with van der Waals surface area (Å²) in [4.78, 5) is 20.5. The molecule has 7 nitrogen and oxygen atoms in total. The Kier molecular flexibility index (Phi) is 5.67. The van der Waals surface area contributed by atoms with E-state index in [-0.39, 0.29) is 11.7 Å². The number of nitrogens with zero attached hydrogens (tertiary/aromatic N) is 3. The number of oxazole rings is 1. The lowest BCUT2D eigenvalue weighted by molar-refractivity contribution is -0.129. The largest absolute Gasteiger partial charge is 0.441 e. The Labute approximate surface area is 159 Å². The number of aromatic nitrogens is 1. The second-order valence-corrected chi connectivity index (χ2v) is 9.12. The molecule has 0 aliphatic carbocycles. The number of likely N-dealkylation sites (N-methyl/N-ethyl adjacent to an activating group) is 1. The number of rotatable bonds is 5. The summed E-state index contributed by atoms with van der Waals surface area (Å²) >= 11 is 0. The van der Waals surface area contributed by atoms with Crippen LogP contribution in [0.1, 0.15) is 17.0 Å². The molecule has 0 spiro atoms. The molecule has 1 aromatic carbocycles. The van der Waals surface area contributed by atoms with Gasteiger partial charge >= 0.3 is 0 Å². The maximum absolute atomic E-state index is 12.5. The van der Waals surface area contributed by atoms with Crippen LogP contribution >= 0.6 is 0 Å². The number of hydrogen-bond acceptors (Lipinski definition) is 6. The summed E-state index contributed by atoms with van der Waals surface area (Å²) < 4.78 is 30.8. The van der Waals surface area contributed by atoms with Crippen molar-refractivity contribution in [2.75, 3.05) is 39.0 Å². The van der Waals surface area contributed by atoms with Gasteiger partial charge in [-0.15, -0.1) is 0 Å². The van der Waals surface area contributed by atoms with E-state index in [0.717, 1.165) is 24.2 Å². The third kappa shape index (κ3) is 4.75. The first kappa shape index (κ1) is 19.6. The zero-order chi connectivity index (χ0) is 19.6. The first-order valence-corrected chi connectivity index (χ1v) is 10.8. The van der Waals surface area contributed by atoms with Crippen molar-refractivity contribution in [1.82, 2.24) is 14.8 Å². The molecule has 1 aliphatic heterocycles. The number of carbonyl (C=O) groups excluding carboxylic acids is 1. The van der Waals surface area contributed by atoms with Crippen LogP contribution in [0.15, 0.2) is 28.7 Å². The molecule has 27 heavy (non-hydrogen) atoms. The van der Waals surface area contributed by atoms with Crippen LogP contribution in [0, 0.1) is 13.8 Å². The highest BCUT2D eigenvalue weighted by Crippen LogP contribution is 2.25. The van der Waals surface area contributed by atoms with Gasteiger partial charge in [-0.3, -0.25) is 4.79 Å². The zero-order valence-electron chi connectivity index (χ0n) is 15.9. The minimum absolute atomic E-state index is 0.298. The van der Waals surface area contributed by atoms with E-state index in [2.05, 4.69) is 9.88 Å². The fourth-order valence-corrected chi connectivity index (χ4v) is 4.43. The van der Waals surface area contributed by atoms with E-state index in [1.165, 1.54) is 0 Å². The van der Waals surface area contributed by atoms with E-state index >= 15 is 0 Å². The van der Waals surface area contributed by atoms with Crippen molar-refractivity contribution in [2.45, 2.75) is 19.6 Å². The highest BCUT2D eigenvalue weighted by Gasteiger charge is 2.26. The Morgan fingerprint density at radius 2 is 1.81 bits per heavy atom. The standard InChI is InChI=1S/C19H25N3O4S/c1-14-6-4-5-7-16(14)19-20-17(15(2)26-19)12-27(24,25)13-18(23)22-10-8-21(3)9-11-22/h4-7H,8-13H2,1-3H3. The Hall–Kier alpha value is -2.19. The number of benzene rings is 1. The molecule has 0 saturated carbocycles. The Balaban J connectivity index is 1.71. The predicted octanol–water partition coefficient (Wildman–Crippen LogP) is 1.65. The second kappa shape index (κ2) is 7.82. The van der Waals surface area contributed by atoms with E-state index in [0.29, 0.717) is 30.4 Å². The molecule has 0 N–H and O–H groups in total. The minimum Gasteiger partial charge on any atom is -0.441 e. The summed E-state index contributed by atoms with van der Waals surface area (Å²) in [5.41, 5.74) is 2.19. The van der Waals surface area contributed by atoms with Gasteiger partial charge in [0.05, 0.1) is 11.4 Å². The molecule has 0 bridgehead atoms. The van der Waals surface area contributed by atoms with Crippen molar-refractivity contribution >= 4 is 15.7 Å². The lowest BCUT2D eigenvalue weighted by atomic mass is 10.1. The van der Waals surface area contributed by atoms with Crippen LogP contribution in [-0.2, 0) is 20.4 Å². The molecule has 1 fully saturated rings. The lowest BCUT2D eigenvalue weighted by Crippen LogP contribution is -2.48. The molecule has 1 amide bonds. The maximum Gasteiger partial charge on any atom is 0.237 e. The van der Waals surface area contributed by atoms with Crippen molar-refractivity contribution in [3.05, 3.63) is 41.3 Å². The average Bonchev–Trinajstić information content (AvgIpc) is 2.95. The number of hydrogen-bond donors (Lipinski definition) is 0. The molecular formula is C19H25N3O4S. The van der Waals surface area contributed by atoms with Crippen molar-refractivity contribution in [1.29, 1.82) is 0 Å². The van der Waals surface area contributed by atoms with E-state index in [1.807, 2.05) is 38.2 Å². The molecule has 0 atom stereocenters. The summed E-state index contributed by atoms with van der Waals surface area (Å²) in [6.45, 7) is 6.28. The summed E-state index contributed by atoms with van der Waals surface area (Å²) in [7, 11) is -1.64. The summed E-state index contributed by atoms with van der Waals surface area (Å²) in [6, 6.07) is 7.63. The zero-order valence-corrected chi connectivity index (χ0v) is 16.8. The quantitative estimate of drug-likeness (QED) is 0.771. The van der Waals surface area contributed by atoms with Gasteiger partial charge in [-0.25, -0.2) is 13.4 Å². The topological polar surface area (TPSA) is 83.7 Å². The van der Waals surface area contributed by atoms with Gasteiger partial charge in [0.25, 0.3) is 0 Å². The van der Waals surface area contributed by atoms with Crippen LogP contribution in [0.4, 0.5) is 0 Å². The van der Waals surface area contributed by atoms with Crippen molar-refractivity contribution < 1.29 is 17.6 Å². The Bertz CT molecular complexity index is 928. The van der Waals surface area contributed by atoms with E-state index < -0.39 is 15.6 Å². The number of amides is 1. The fraction of sp³-hybridized carbons (Fsp3) is 0.474. The highest BCUT2D eigenvalue weighted by atomic mass is 32.2. The SMILES string of the molecule is Cc1ccccc1-c1nc(CS(=O)(=O)CC(=O)N2CCN(C)CC2)c(C)o1. The Morgan fingerprint density at radius 3 is 2.48 bits per heavy atom. The summed E-state index contributed by atoms with van der Waals surface area (Å²) in [5.74, 6) is -0.274. The van der Waals surface area contributed by atoms with Gasteiger partial charge in [0, 0.05) is 31.7 Å². The smallest absolute Gasteiger partial charge is 0.237 e. The van der Waals surface area contributed by atoms with Crippen molar-refractivity contribution in [2.24, 2.45) is 0 Å². The number of carbonyl (C=O) groups is 1. The Morgan fingerprint density at radius 1 is 1.15 bits per heavy atom. The number of aryl methyl sites for hydroxylation is 2. The van der Waals surface area contributed by atoms with Crippen LogP contribution in [0.5, 0.6) is 0 Å². The normalized spacial score (nSPS) is 15.9. The fourth-order valence-electron chi connectivity index (χ4n) is 3.08. The van der Waals surface area contributed by atoms with Gasteiger partial charge in [-0.2, -0.15) is 0 Å². The summed E-state index contributed by atoms with van der Waals surface area (Å²) in [5, 5.41) is 0. The first-order chi connectivity index (χ1) is 12.7. The van der Waals surface area contributed by atoms with Crippen LogP contribution in [0.25, 0.3) is 11.5 Å². The molecular weight excluding hydrogens is 366 g/mol. The highest BCUT2D eigenvalue weighted by molar-refractivity contribution is 7.91. The molecule has 2 aromatic rings. The van der Waals surface area contributed by atoms with Crippen LogP contribution < -0.4 is 0 Å². The number of sulfone groups is 1. The molecule has 3 rings (SSSR count). The molecule has 1 aromatic heterocycles. The van der Waals surface area contributed by atoms with Gasteiger partial charge in [0.15, 0.2) is 9.84 Å². The average molecular weight is 391 g/mol. The van der Waals surface area contributed by atoms with Gasteiger partial charge in [0.1, 0.15) is 11.5 Å². The third-order valence-corrected chi connectivity index (χ3v) is 6.22. The molecule has 0 unspecified atom stereocenters. The van der Waals surface area contributed by atoms with Crippen molar-refractivity contribution in [3.63, 3.8) is 0 Å². The second-order valence-electron chi connectivity index (χ2n) is 7.05. The van der Waals surface area contributed by atoms with E-state index in [4.69, 9.17) is 4.42 Å². The van der Waals surface area contributed by atoms with E-state index in [1.54, 1.807) is 11.8 Å². The number of piperazine rings is 1.